The normalized spacial score (nSPS) is 10.7. The van der Waals surface area contributed by atoms with Gasteiger partial charge < -0.3 is 9.73 Å². The highest BCUT2D eigenvalue weighted by Gasteiger charge is 2.12. The number of rotatable bonds is 3. The molecule has 5 nitrogen and oxygen atoms in total. The summed E-state index contributed by atoms with van der Waals surface area (Å²) in [5.74, 6) is -0.250. The highest BCUT2D eigenvalue weighted by atomic mass is 32.1. The quantitative estimate of drug-likeness (QED) is 0.362. The molecule has 0 bridgehead atoms. The van der Waals surface area contributed by atoms with Crippen LogP contribution in [0.5, 0.6) is 0 Å². The van der Waals surface area contributed by atoms with Gasteiger partial charge in [-0.15, -0.1) is 11.3 Å². The van der Waals surface area contributed by atoms with Gasteiger partial charge in [0.2, 0.25) is 0 Å². The fourth-order valence-corrected chi connectivity index (χ4v) is 3.86. The topological polar surface area (TPSA) is 71.3 Å². The van der Waals surface area contributed by atoms with Crippen LogP contribution < -0.4 is 16.3 Å². The lowest BCUT2D eigenvalue weighted by Gasteiger charge is -2.12. The average molecular weight is 421 g/mol. The van der Waals surface area contributed by atoms with Gasteiger partial charge >= 0.3 is 5.63 Å². The second-order valence-electron chi connectivity index (χ2n) is 6.40. The molecule has 0 fully saturated rings. The van der Waals surface area contributed by atoms with E-state index in [1.54, 1.807) is 18.2 Å². The van der Waals surface area contributed by atoms with Crippen molar-refractivity contribution in [2.24, 2.45) is 0 Å². The number of amides is 1. The van der Waals surface area contributed by atoms with Crippen molar-refractivity contribution in [2.45, 2.75) is 6.92 Å². The van der Waals surface area contributed by atoms with Gasteiger partial charge in [0.25, 0.3) is 5.91 Å². The van der Waals surface area contributed by atoms with Gasteiger partial charge in [-0.2, -0.15) is 0 Å². The predicted octanol–water partition coefficient (Wildman–Crippen LogP) is 4.96. The Morgan fingerprint density at radius 2 is 1.86 bits per heavy atom. The summed E-state index contributed by atoms with van der Waals surface area (Å²) >= 11 is 6.57. The number of nitrogens with one attached hydrogen (secondary N) is 2. The molecule has 0 aliphatic rings. The van der Waals surface area contributed by atoms with Crippen LogP contribution in [0.2, 0.25) is 0 Å². The molecule has 2 N–H and O–H groups in total. The molecule has 0 aliphatic heterocycles. The van der Waals surface area contributed by atoms with Crippen LogP contribution in [0.3, 0.4) is 0 Å². The number of anilines is 1. The fourth-order valence-electron chi connectivity index (χ4n) is 3.03. The Balaban J connectivity index is 1.55. The molecule has 2 aromatic heterocycles. The van der Waals surface area contributed by atoms with Crippen molar-refractivity contribution in [2.75, 3.05) is 5.32 Å². The van der Waals surface area contributed by atoms with Gasteiger partial charge in [0.05, 0.1) is 10.4 Å². The van der Waals surface area contributed by atoms with E-state index >= 15 is 0 Å². The minimum Gasteiger partial charge on any atom is -0.422 e. The van der Waals surface area contributed by atoms with Crippen LogP contribution in [-0.4, -0.2) is 11.0 Å². The molecule has 0 atom stereocenters. The van der Waals surface area contributed by atoms with E-state index in [9.17, 15) is 9.59 Å². The molecule has 0 saturated carbocycles. The van der Waals surface area contributed by atoms with Gasteiger partial charge in [0.15, 0.2) is 5.11 Å². The Morgan fingerprint density at radius 1 is 1.03 bits per heavy atom. The smallest absolute Gasteiger partial charge is 0.344 e. The molecule has 0 spiro atoms. The number of hydrogen-bond acceptors (Lipinski definition) is 5. The Labute approximate surface area is 176 Å². The minimum atomic E-state index is -0.383. The monoisotopic (exact) mass is 420 g/mol. The van der Waals surface area contributed by atoms with Crippen LogP contribution in [0, 0.1) is 6.92 Å². The van der Waals surface area contributed by atoms with E-state index in [-0.39, 0.29) is 16.6 Å². The highest BCUT2D eigenvalue weighted by molar-refractivity contribution is 7.80. The predicted molar refractivity (Wildman–Crippen MR) is 121 cm³/mol. The number of fused-ring (bicyclic) bond motifs is 1. The molecule has 0 unspecified atom stereocenters. The number of aryl methyl sites for hydroxylation is 1. The summed E-state index contributed by atoms with van der Waals surface area (Å²) < 4.78 is 5.44. The summed E-state index contributed by atoms with van der Waals surface area (Å²) in [7, 11) is 0. The molecular formula is C22H16N2O3S2. The van der Waals surface area contributed by atoms with E-state index in [1.165, 1.54) is 11.3 Å². The van der Waals surface area contributed by atoms with Crippen molar-refractivity contribution >= 4 is 51.2 Å². The van der Waals surface area contributed by atoms with Crippen LogP contribution in [-0.2, 0) is 0 Å². The van der Waals surface area contributed by atoms with Crippen molar-refractivity contribution in [3.63, 3.8) is 0 Å². The van der Waals surface area contributed by atoms with Gasteiger partial charge in [-0.3, -0.25) is 10.1 Å². The molecule has 0 radical (unpaired) electrons. The van der Waals surface area contributed by atoms with Crippen LogP contribution in [0.4, 0.5) is 5.69 Å². The number of benzene rings is 2. The second-order valence-corrected chi connectivity index (χ2v) is 7.76. The average Bonchev–Trinajstić information content (AvgIpc) is 3.23. The van der Waals surface area contributed by atoms with E-state index in [4.69, 9.17) is 16.6 Å². The van der Waals surface area contributed by atoms with Crippen LogP contribution in [0.15, 0.2) is 75.3 Å². The zero-order valence-electron chi connectivity index (χ0n) is 15.4. The van der Waals surface area contributed by atoms with Gasteiger partial charge in [-0.05, 0) is 66.0 Å². The molecule has 0 saturated heterocycles. The third-order valence-corrected chi connectivity index (χ3v) is 5.46. The Kier molecular flexibility index (Phi) is 5.24. The summed E-state index contributed by atoms with van der Waals surface area (Å²) in [5, 5.41) is 8.56. The summed E-state index contributed by atoms with van der Waals surface area (Å²) in [6, 6.07) is 18.3. The number of carbonyl (C=O) groups excluding carboxylic acids is 1. The molecular weight excluding hydrogens is 404 g/mol. The maximum Gasteiger partial charge on any atom is 0.344 e. The third kappa shape index (κ3) is 4.11. The van der Waals surface area contributed by atoms with Crippen molar-refractivity contribution < 1.29 is 9.21 Å². The number of thiocarbonyl (C=S) groups is 1. The maximum atomic E-state index is 12.4. The Bertz CT molecular complexity index is 1280. The van der Waals surface area contributed by atoms with Crippen molar-refractivity contribution in [3.8, 4) is 11.1 Å². The lowest BCUT2D eigenvalue weighted by molar-refractivity contribution is 0.0981. The number of thiophene rings is 1. The van der Waals surface area contributed by atoms with Crippen LogP contribution in [0.1, 0.15) is 15.2 Å². The molecule has 0 aliphatic carbocycles. The van der Waals surface area contributed by atoms with Crippen molar-refractivity contribution in [3.05, 3.63) is 86.9 Å². The van der Waals surface area contributed by atoms with Gasteiger partial charge in [0.1, 0.15) is 5.58 Å². The summed E-state index contributed by atoms with van der Waals surface area (Å²) in [4.78, 5) is 25.1. The summed E-state index contributed by atoms with van der Waals surface area (Å²) in [6.07, 6.45) is 0. The lowest BCUT2D eigenvalue weighted by Crippen LogP contribution is -2.33. The summed E-state index contributed by atoms with van der Waals surface area (Å²) in [5.41, 5.74) is 3.05. The van der Waals surface area contributed by atoms with Crippen molar-refractivity contribution in [1.29, 1.82) is 0 Å². The Hall–Kier alpha value is -3.29. The molecule has 2 aromatic carbocycles. The minimum absolute atomic E-state index is 0.209. The van der Waals surface area contributed by atoms with Crippen molar-refractivity contribution in [1.82, 2.24) is 5.32 Å². The van der Waals surface area contributed by atoms with Crippen LogP contribution in [0.25, 0.3) is 22.1 Å². The van der Waals surface area contributed by atoms with Gasteiger partial charge in [0, 0.05) is 11.1 Å². The maximum absolute atomic E-state index is 12.4. The van der Waals surface area contributed by atoms with E-state index in [0.29, 0.717) is 21.7 Å². The fraction of sp³-hybridized carbons (Fsp3) is 0.0455. The van der Waals surface area contributed by atoms with E-state index in [0.717, 1.165) is 16.5 Å². The molecule has 144 valence electrons. The standard InChI is InChI=1S/C22H16N2O3S2/c1-13-11-15(23-22(28)24-20(25)19-7-4-10-29-19)8-9-16(13)17-12-14-5-2-3-6-18(14)27-21(17)26/h2-12H,1H3,(H2,23,24,25,28). The van der Waals surface area contributed by atoms with E-state index < -0.39 is 0 Å². The molecule has 4 rings (SSSR count). The van der Waals surface area contributed by atoms with E-state index in [2.05, 4.69) is 10.6 Å². The summed E-state index contributed by atoms with van der Waals surface area (Å²) in [6.45, 7) is 1.91. The first-order chi connectivity index (χ1) is 14.0. The molecule has 7 heteroatoms. The first-order valence-electron chi connectivity index (χ1n) is 8.81. The first kappa shape index (κ1) is 19.0. The lowest BCUT2D eigenvalue weighted by atomic mass is 10.0. The molecule has 4 aromatic rings. The van der Waals surface area contributed by atoms with Gasteiger partial charge in [-0.1, -0.05) is 30.3 Å². The zero-order chi connectivity index (χ0) is 20.4. The highest BCUT2D eigenvalue weighted by Crippen LogP contribution is 2.26. The molecule has 29 heavy (non-hydrogen) atoms. The number of hydrogen-bond donors (Lipinski definition) is 2. The largest absolute Gasteiger partial charge is 0.422 e. The molecule has 1 amide bonds. The van der Waals surface area contributed by atoms with Crippen LogP contribution >= 0.6 is 23.6 Å². The third-order valence-electron chi connectivity index (χ3n) is 4.39. The SMILES string of the molecule is Cc1cc(NC(=S)NC(=O)c2cccs2)ccc1-c1cc2ccccc2oc1=O. The number of carbonyl (C=O) groups is 1. The molecule has 2 heterocycles. The van der Waals surface area contributed by atoms with E-state index in [1.807, 2.05) is 54.8 Å². The number of para-hydroxylation sites is 1. The Morgan fingerprint density at radius 3 is 2.62 bits per heavy atom. The first-order valence-corrected chi connectivity index (χ1v) is 10.1. The zero-order valence-corrected chi connectivity index (χ0v) is 17.0. The van der Waals surface area contributed by atoms with Gasteiger partial charge in [-0.25, -0.2) is 4.79 Å². The second kappa shape index (κ2) is 7.98.